The molecule has 10 rings (SSSR count). The molecule has 2 heterocycles. The standard InChI is InChI=1S/C44H27NO2/c1-2-10-31(11-3-1)45(33-24-26-41-39(27-33)36-13-6-7-16-40(36)46-41)32-22-19-29(20-23-32)35-14-8-15-37-38-25-21-30-18-17-28-9-4-5-12-34(28)42(30)44(38)47-43(35)37/h1-27H. The first-order valence-corrected chi connectivity index (χ1v) is 15.9. The maximum atomic E-state index is 6.82. The molecule has 0 saturated heterocycles. The largest absolute Gasteiger partial charge is 0.456 e. The Bertz CT molecular complexity index is 2790. The number of anilines is 3. The van der Waals surface area contributed by atoms with Gasteiger partial charge in [0.05, 0.1) is 0 Å². The van der Waals surface area contributed by atoms with E-state index >= 15 is 0 Å². The smallest absolute Gasteiger partial charge is 0.143 e. The van der Waals surface area contributed by atoms with Gasteiger partial charge < -0.3 is 13.7 Å². The topological polar surface area (TPSA) is 29.5 Å². The summed E-state index contributed by atoms with van der Waals surface area (Å²) >= 11 is 0. The average molecular weight is 602 g/mol. The Morgan fingerprint density at radius 1 is 0.362 bits per heavy atom. The van der Waals surface area contributed by atoms with Gasteiger partial charge in [0, 0.05) is 49.6 Å². The molecule has 10 aromatic rings. The van der Waals surface area contributed by atoms with Crippen LogP contribution in [0.15, 0.2) is 173 Å². The number of hydrogen-bond donors (Lipinski definition) is 0. The van der Waals surface area contributed by atoms with Crippen molar-refractivity contribution in [1.29, 1.82) is 0 Å². The molecule has 0 unspecified atom stereocenters. The second-order valence-corrected chi connectivity index (χ2v) is 12.1. The van der Waals surface area contributed by atoms with Crippen LogP contribution in [0.3, 0.4) is 0 Å². The van der Waals surface area contributed by atoms with E-state index in [1.54, 1.807) is 0 Å². The van der Waals surface area contributed by atoms with E-state index < -0.39 is 0 Å². The molecular formula is C44H27NO2. The quantitative estimate of drug-likeness (QED) is 0.188. The SMILES string of the molecule is c1ccc(N(c2ccc(-c3cccc4c3oc3c4ccc4ccc5ccccc5c43)cc2)c2ccc3oc4ccccc4c3c2)cc1. The Morgan fingerprint density at radius 3 is 1.91 bits per heavy atom. The molecule has 2 aromatic heterocycles. The number of furan rings is 2. The molecule has 0 aliphatic rings. The highest BCUT2D eigenvalue weighted by molar-refractivity contribution is 6.24. The molecule has 0 fully saturated rings. The first-order valence-electron chi connectivity index (χ1n) is 15.9. The van der Waals surface area contributed by atoms with E-state index in [4.69, 9.17) is 8.83 Å². The van der Waals surface area contributed by atoms with Crippen molar-refractivity contribution in [2.24, 2.45) is 0 Å². The summed E-state index contributed by atoms with van der Waals surface area (Å²) in [6, 6.07) is 57.8. The third kappa shape index (κ3) is 4.00. The summed E-state index contributed by atoms with van der Waals surface area (Å²) in [6.07, 6.45) is 0. The molecule has 47 heavy (non-hydrogen) atoms. The Hall–Kier alpha value is -6.32. The number of rotatable bonds is 4. The maximum absolute atomic E-state index is 6.82. The summed E-state index contributed by atoms with van der Waals surface area (Å²) < 4.78 is 13.0. The predicted molar refractivity (Wildman–Crippen MR) is 196 cm³/mol. The van der Waals surface area contributed by atoms with Crippen LogP contribution in [0.25, 0.3) is 76.5 Å². The van der Waals surface area contributed by atoms with Crippen molar-refractivity contribution in [1.82, 2.24) is 0 Å². The van der Waals surface area contributed by atoms with Crippen molar-refractivity contribution in [3.63, 3.8) is 0 Å². The lowest BCUT2D eigenvalue weighted by Crippen LogP contribution is -2.09. The van der Waals surface area contributed by atoms with Crippen LogP contribution in [0, 0.1) is 0 Å². The number of hydrogen-bond acceptors (Lipinski definition) is 3. The number of nitrogens with zero attached hydrogens (tertiary/aromatic N) is 1. The van der Waals surface area contributed by atoms with E-state index in [1.165, 1.54) is 21.5 Å². The minimum absolute atomic E-state index is 0.887. The van der Waals surface area contributed by atoms with E-state index in [0.29, 0.717) is 0 Å². The minimum Gasteiger partial charge on any atom is -0.456 e. The fourth-order valence-corrected chi connectivity index (χ4v) is 7.24. The van der Waals surface area contributed by atoms with E-state index in [-0.39, 0.29) is 0 Å². The molecule has 0 aliphatic carbocycles. The summed E-state index contributed by atoms with van der Waals surface area (Å²) in [5.41, 5.74) is 9.06. The van der Waals surface area contributed by atoms with Gasteiger partial charge >= 0.3 is 0 Å². The van der Waals surface area contributed by atoms with Crippen LogP contribution in [0.2, 0.25) is 0 Å². The Morgan fingerprint density at radius 2 is 1.02 bits per heavy atom. The summed E-state index contributed by atoms with van der Waals surface area (Å²) in [7, 11) is 0. The van der Waals surface area contributed by atoms with Crippen LogP contribution in [-0.2, 0) is 0 Å². The normalized spacial score (nSPS) is 11.8. The molecule has 0 bridgehead atoms. The third-order valence-electron chi connectivity index (χ3n) is 9.44. The molecule has 8 aromatic carbocycles. The van der Waals surface area contributed by atoms with Crippen LogP contribution in [-0.4, -0.2) is 0 Å². The van der Waals surface area contributed by atoms with Crippen LogP contribution < -0.4 is 4.90 Å². The lowest BCUT2D eigenvalue weighted by atomic mass is 9.98. The zero-order valence-corrected chi connectivity index (χ0v) is 25.4. The van der Waals surface area contributed by atoms with Gasteiger partial charge in [0.2, 0.25) is 0 Å². The molecule has 3 heteroatoms. The van der Waals surface area contributed by atoms with Crippen molar-refractivity contribution >= 4 is 82.5 Å². The van der Waals surface area contributed by atoms with Crippen molar-refractivity contribution in [3.8, 4) is 11.1 Å². The lowest BCUT2D eigenvalue weighted by Gasteiger charge is -2.25. The van der Waals surface area contributed by atoms with E-state index in [0.717, 1.165) is 72.1 Å². The van der Waals surface area contributed by atoms with Crippen molar-refractivity contribution in [2.75, 3.05) is 4.90 Å². The molecule has 0 saturated carbocycles. The van der Waals surface area contributed by atoms with Gasteiger partial charge in [-0.2, -0.15) is 0 Å². The second kappa shape index (κ2) is 10.1. The van der Waals surface area contributed by atoms with Gasteiger partial charge in [0.1, 0.15) is 22.3 Å². The molecule has 220 valence electrons. The van der Waals surface area contributed by atoms with Crippen molar-refractivity contribution < 1.29 is 8.83 Å². The average Bonchev–Trinajstić information content (AvgIpc) is 3.71. The predicted octanol–water partition coefficient (Wildman–Crippen LogP) is 12.9. The van der Waals surface area contributed by atoms with Gasteiger partial charge in [0.25, 0.3) is 0 Å². The third-order valence-corrected chi connectivity index (χ3v) is 9.44. The van der Waals surface area contributed by atoms with Gasteiger partial charge in [-0.3, -0.25) is 0 Å². The zero-order chi connectivity index (χ0) is 30.9. The molecule has 0 spiro atoms. The minimum atomic E-state index is 0.887. The number of benzene rings is 8. The fourth-order valence-electron chi connectivity index (χ4n) is 7.24. The highest BCUT2D eigenvalue weighted by atomic mass is 16.3. The maximum Gasteiger partial charge on any atom is 0.143 e. The summed E-state index contributed by atoms with van der Waals surface area (Å²) in [4.78, 5) is 2.30. The Kier molecular flexibility index (Phi) is 5.57. The Labute approximate surface area is 270 Å². The van der Waals surface area contributed by atoms with Crippen molar-refractivity contribution in [3.05, 3.63) is 164 Å². The molecular weight excluding hydrogens is 574 g/mol. The highest BCUT2D eigenvalue weighted by Crippen LogP contribution is 2.42. The first-order chi connectivity index (χ1) is 23.3. The number of para-hydroxylation sites is 3. The molecule has 0 atom stereocenters. The molecule has 3 nitrogen and oxygen atoms in total. The van der Waals surface area contributed by atoms with Gasteiger partial charge in [-0.15, -0.1) is 0 Å². The zero-order valence-electron chi connectivity index (χ0n) is 25.4. The Balaban J connectivity index is 1.12. The van der Waals surface area contributed by atoms with E-state index in [1.807, 2.05) is 12.1 Å². The molecule has 0 amide bonds. The molecule has 0 aliphatic heterocycles. The molecule has 0 N–H and O–H groups in total. The monoisotopic (exact) mass is 601 g/mol. The molecule has 0 radical (unpaired) electrons. The second-order valence-electron chi connectivity index (χ2n) is 12.1. The fraction of sp³-hybridized carbons (Fsp3) is 0. The number of fused-ring (bicyclic) bond motifs is 10. The summed E-state index contributed by atoms with van der Waals surface area (Å²) in [5.74, 6) is 0. The highest BCUT2D eigenvalue weighted by Gasteiger charge is 2.18. The van der Waals surface area contributed by atoms with Crippen LogP contribution in [0.4, 0.5) is 17.1 Å². The summed E-state index contributed by atoms with van der Waals surface area (Å²) in [6.45, 7) is 0. The van der Waals surface area contributed by atoms with Gasteiger partial charge in [-0.1, -0.05) is 109 Å². The van der Waals surface area contributed by atoms with Crippen molar-refractivity contribution in [2.45, 2.75) is 0 Å². The van der Waals surface area contributed by atoms with Gasteiger partial charge in [-0.25, -0.2) is 0 Å². The van der Waals surface area contributed by atoms with Gasteiger partial charge in [0.15, 0.2) is 0 Å². The van der Waals surface area contributed by atoms with E-state index in [9.17, 15) is 0 Å². The van der Waals surface area contributed by atoms with E-state index in [2.05, 4.69) is 157 Å². The van der Waals surface area contributed by atoms with Gasteiger partial charge in [-0.05, 0) is 76.3 Å². The van der Waals surface area contributed by atoms with Crippen LogP contribution >= 0.6 is 0 Å². The summed E-state index contributed by atoms with van der Waals surface area (Å²) in [5, 5.41) is 9.26. The van der Waals surface area contributed by atoms with Crippen LogP contribution in [0.1, 0.15) is 0 Å². The lowest BCUT2D eigenvalue weighted by molar-refractivity contribution is 0.669. The van der Waals surface area contributed by atoms with Crippen LogP contribution in [0.5, 0.6) is 0 Å². The first kappa shape index (κ1) is 26.0.